The summed E-state index contributed by atoms with van der Waals surface area (Å²) in [5.74, 6) is -1.20. The Morgan fingerprint density at radius 2 is 1.48 bits per heavy atom. The largest absolute Gasteiger partial charge is 0.448 e. The summed E-state index contributed by atoms with van der Waals surface area (Å²) in [5, 5.41) is 3.87. The summed E-state index contributed by atoms with van der Waals surface area (Å²) in [4.78, 5) is 38.9. The molecular formula is C27H24N2O4. The van der Waals surface area contributed by atoms with Gasteiger partial charge in [-0.1, -0.05) is 66.2 Å². The van der Waals surface area contributed by atoms with Crippen LogP contribution >= 0.6 is 0 Å². The molecule has 6 nitrogen and oxygen atoms in total. The first-order valence-electron chi connectivity index (χ1n) is 10.6. The third-order valence-electron chi connectivity index (χ3n) is 5.53. The van der Waals surface area contributed by atoms with Crippen molar-refractivity contribution in [2.75, 3.05) is 5.32 Å². The third kappa shape index (κ3) is 4.41. The fourth-order valence-corrected chi connectivity index (χ4v) is 3.75. The number of hydrogen-bond acceptors (Lipinski definition) is 4. The number of nitrogens with zero attached hydrogens (tertiary/aromatic N) is 1. The van der Waals surface area contributed by atoms with Crippen LogP contribution in [0, 0.1) is 6.92 Å². The lowest BCUT2D eigenvalue weighted by Crippen LogP contribution is -2.32. The van der Waals surface area contributed by atoms with Gasteiger partial charge in [0.1, 0.15) is 5.69 Å². The van der Waals surface area contributed by atoms with Crippen LogP contribution in [0.1, 0.15) is 23.0 Å². The van der Waals surface area contributed by atoms with Crippen molar-refractivity contribution in [1.29, 1.82) is 0 Å². The number of benzene rings is 3. The third-order valence-corrected chi connectivity index (χ3v) is 5.53. The number of nitrogens with one attached hydrogen (secondary N) is 1. The van der Waals surface area contributed by atoms with E-state index in [0.717, 1.165) is 11.1 Å². The minimum Gasteiger partial charge on any atom is -0.448 e. The van der Waals surface area contributed by atoms with Crippen molar-refractivity contribution in [2.24, 2.45) is 7.05 Å². The van der Waals surface area contributed by atoms with Gasteiger partial charge in [0.2, 0.25) is 0 Å². The van der Waals surface area contributed by atoms with Gasteiger partial charge in [0, 0.05) is 23.7 Å². The summed E-state index contributed by atoms with van der Waals surface area (Å²) >= 11 is 0. The SMILES string of the molecule is Cc1ccc(-c2c(C(=O)OC(C)C(=O)Nc3ccccc3)n(C)c(=O)c3ccccc23)cc1. The highest BCUT2D eigenvalue weighted by Crippen LogP contribution is 2.31. The van der Waals surface area contributed by atoms with Gasteiger partial charge in [-0.05, 0) is 43.0 Å². The first-order chi connectivity index (χ1) is 15.9. The summed E-state index contributed by atoms with van der Waals surface area (Å²) in [6.07, 6.45) is -1.06. The van der Waals surface area contributed by atoms with Gasteiger partial charge in [0.05, 0.1) is 0 Å². The summed E-state index contributed by atoms with van der Waals surface area (Å²) in [5.41, 5.74) is 2.83. The molecule has 0 saturated carbocycles. The average molecular weight is 440 g/mol. The number of rotatable bonds is 5. The Morgan fingerprint density at radius 3 is 2.15 bits per heavy atom. The minimum atomic E-state index is -1.06. The maximum absolute atomic E-state index is 13.3. The number of aryl methyl sites for hydroxylation is 1. The lowest BCUT2D eigenvalue weighted by atomic mass is 9.96. The molecule has 3 aromatic carbocycles. The molecule has 0 saturated heterocycles. The van der Waals surface area contributed by atoms with Gasteiger partial charge in [0.25, 0.3) is 11.5 Å². The Bertz CT molecular complexity index is 1390. The number of carbonyl (C=O) groups excluding carboxylic acids is 2. The summed E-state index contributed by atoms with van der Waals surface area (Å²) < 4.78 is 6.82. The van der Waals surface area contributed by atoms with Crippen LogP contribution in [-0.2, 0) is 16.6 Å². The van der Waals surface area contributed by atoms with Gasteiger partial charge >= 0.3 is 5.97 Å². The number of amides is 1. The zero-order valence-electron chi connectivity index (χ0n) is 18.7. The second-order valence-corrected chi connectivity index (χ2v) is 7.90. The normalized spacial score (nSPS) is 11.7. The monoisotopic (exact) mass is 440 g/mol. The number of anilines is 1. The highest BCUT2D eigenvalue weighted by Gasteiger charge is 2.26. The van der Waals surface area contributed by atoms with Gasteiger partial charge in [-0.15, -0.1) is 0 Å². The molecule has 1 N–H and O–H groups in total. The van der Waals surface area contributed by atoms with Gasteiger partial charge in [0.15, 0.2) is 6.10 Å². The summed E-state index contributed by atoms with van der Waals surface area (Å²) in [7, 11) is 1.54. The zero-order chi connectivity index (χ0) is 23.5. The van der Waals surface area contributed by atoms with E-state index < -0.39 is 18.0 Å². The van der Waals surface area contributed by atoms with E-state index in [4.69, 9.17) is 4.74 Å². The number of para-hydroxylation sites is 1. The van der Waals surface area contributed by atoms with E-state index in [0.29, 0.717) is 22.0 Å². The second-order valence-electron chi connectivity index (χ2n) is 7.90. The number of esters is 1. The Kier molecular flexibility index (Phi) is 6.09. The van der Waals surface area contributed by atoms with Crippen LogP contribution in [0.2, 0.25) is 0 Å². The van der Waals surface area contributed by atoms with Crippen LogP contribution in [0.25, 0.3) is 21.9 Å². The highest BCUT2D eigenvalue weighted by atomic mass is 16.5. The Balaban J connectivity index is 1.76. The molecule has 6 heteroatoms. The quantitative estimate of drug-likeness (QED) is 0.457. The van der Waals surface area contributed by atoms with E-state index in [1.807, 2.05) is 49.4 Å². The lowest BCUT2D eigenvalue weighted by Gasteiger charge is -2.19. The molecule has 4 rings (SSSR count). The number of ether oxygens (including phenoxy) is 1. The molecule has 0 aliphatic rings. The lowest BCUT2D eigenvalue weighted by molar-refractivity contribution is -0.123. The fourth-order valence-electron chi connectivity index (χ4n) is 3.75. The van der Waals surface area contributed by atoms with E-state index in [-0.39, 0.29) is 11.3 Å². The van der Waals surface area contributed by atoms with E-state index in [2.05, 4.69) is 5.32 Å². The zero-order valence-corrected chi connectivity index (χ0v) is 18.7. The van der Waals surface area contributed by atoms with Crippen molar-refractivity contribution in [3.63, 3.8) is 0 Å². The van der Waals surface area contributed by atoms with E-state index in [9.17, 15) is 14.4 Å². The second kappa shape index (κ2) is 9.12. The summed E-state index contributed by atoms with van der Waals surface area (Å²) in [6.45, 7) is 3.48. The number of carbonyl (C=O) groups is 2. The maximum atomic E-state index is 13.3. The molecule has 33 heavy (non-hydrogen) atoms. The molecule has 0 aliphatic heterocycles. The van der Waals surface area contributed by atoms with Crippen molar-refractivity contribution in [2.45, 2.75) is 20.0 Å². The smallest absolute Gasteiger partial charge is 0.356 e. The fraction of sp³-hybridized carbons (Fsp3) is 0.148. The van der Waals surface area contributed by atoms with Crippen LogP contribution in [0.5, 0.6) is 0 Å². The molecule has 0 spiro atoms. The Morgan fingerprint density at radius 1 is 0.879 bits per heavy atom. The van der Waals surface area contributed by atoms with Crippen molar-refractivity contribution < 1.29 is 14.3 Å². The molecule has 4 aromatic rings. The molecule has 1 amide bonds. The standard InChI is InChI=1S/C27H24N2O4/c1-17-13-15-19(16-14-17)23-21-11-7-8-12-22(21)26(31)29(3)24(23)27(32)33-18(2)25(30)28-20-9-5-4-6-10-20/h4-16,18H,1-3H3,(H,28,30). The predicted molar refractivity (Wildman–Crippen MR) is 129 cm³/mol. The van der Waals surface area contributed by atoms with E-state index in [1.165, 1.54) is 18.5 Å². The molecule has 0 radical (unpaired) electrons. The number of pyridine rings is 1. The predicted octanol–water partition coefficient (Wildman–Crippen LogP) is 4.70. The molecule has 166 valence electrons. The van der Waals surface area contributed by atoms with E-state index in [1.54, 1.807) is 36.4 Å². The minimum absolute atomic E-state index is 0.0990. The van der Waals surface area contributed by atoms with Crippen molar-refractivity contribution in [3.05, 3.63) is 100 Å². The topological polar surface area (TPSA) is 77.4 Å². The highest BCUT2D eigenvalue weighted by molar-refractivity contribution is 6.07. The van der Waals surface area contributed by atoms with Gasteiger partial charge in [-0.2, -0.15) is 0 Å². The first-order valence-corrected chi connectivity index (χ1v) is 10.6. The maximum Gasteiger partial charge on any atom is 0.356 e. The number of fused-ring (bicyclic) bond motifs is 1. The molecule has 0 fully saturated rings. The van der Waals surface area contributed by atoms with Gasteiger partial charge in [-0.3, -0.25) is 9.59 Å². The molecule has 1 aromatic heterocycles. The van der Waals surface area contributed by atoms with Gasteiger partial charge in [-0.25, -0.2) is 4.79 Å². The van der Waals surface area contributed by atoms with Crippen molar-refractivity contribution in [3.8, 4) is 11.1 Å². The molecule has 0 aliphatic carbocycles. The molecule has 0 bridgehead atoms. The Labute approximate surface area is 191 Å². The van der Waals surface area contributed by atoms with Gasteiger partial charge < -0.3 is 14.6 Å². The Hall–Kier alpha value is -4.19. The molecule has 1 atom stereocenters. The van der Waals surface area contributed by atoms with Crippen LogP contribution < -0.4 is 10.9 Å². The van der Waals surface area contributed by atoms with Crippen molar-refractivity contribution >= 4 is 28.3 Å². The van der Waals surface area contributed by atoms with Crippen LogP contribution in [0.15, 0.2) is 83.7 Å². The summed E-state index contributed by atoms with van der Waals surface area (Å²) in [6, 6.07) is 23.8. The van der Waals surface area contributed by atoms with Crippen LogP contribution in [0.3, 0.4) is 0 Å². The molecular weight excluding hydrogens is 416 g/mol. The van der Waals surface area contributed by atoms with Crippen LogP contribution in [0.4, 0.5) is 5.69 Å². The average Bonchev–Trinajstić information content (AvgIpc) is 2.82. The van der Waals surface area contributed by atoms with Crippen molar-refractivity contribution in [1.82, 2.24) is 4.57 Å². The molecule has 1 heterocycles. The number of hydrogen-bond donors (Lipinski definition) is 1. The van der Waals surface area contributed by atoms with E-state index >= 15 is 0 Å². The first kappa shape index (κ1) is 22.0. The van der Waals surface area contributed by atoms with Crippen LogP contribution in [-0.4, -0.2) is 22.5 Å². The number of aromatic nitrogens is 1. The molecule has 1 unspecified atom stereocenters.